The van der Waals surface area contributed by atoms with Crippen molar-refractivity contribution in [3.8, 4) is 0 Å². The van der Waals surface area contributed by atoms with Gasteiger partial charge in [-0.3, -0.25) is 9.10 Å². The zero-order valence-corrected chi connectivity index (χ0v) is 15.0. The highest BCUT2D eigenvalue weighted by atomic mass is 32.2. The first-order valence-corrected chi connectivity index (χ1v) is 9.22. The number of amides is 1. The zero-order valence-electron chi connectivity index (χ0n) is 14.2. The number of aryl methyl sites for hydroxylation is 2. The first-order valence-electron chi connectivity index (χ1n) is 7.37. The lowest BCUT2D eigenvalue weighted by Gasteiger charge is -2.29. The molecule has 0 saturated carbocycles. The maximum atomic E-state index is 12.3. The van der Waals surface area contributed by atoms with Crippen molar-refractivity contribution in [1.29, 1.82) is 0 Å². The Balaban J connectivity index is 3.16. The molecule has 0 unspecified atom stereocenters. The van der Waals surface area contributed by atoms with Crippen LogP contribution in [0.3, 0.4) is 0 Å². The van der Waals surface area contributed by atoms with Gasteiger partial charge in [-0.05, 0) is 49.9 Å². The van der Waals surface area contributed by atoms with E-state index < -0.39 is 16.1 Å². The van der Waals surface area contributed by atoms with Crippen molar-refractivity contribution in [3.05, 3.63) is 29.3 Å². The molecular formula is C16H26N2O3S. The van der Waals surface area contributed by atoms with E-state index in [4.69, 9.17) is 0 Å². The Morgan fingerprint density at radius 1 is 1.14 bits per heavy atom. The van der Waals surface area contributed by atoms with Crippen LogP contribution >= 0.6 is 0 Å². The summed E-state index contributed by atoms with van der Waals surface area (Å²) in [6, 6.07) is 4.73. The largest absolute Gasteiger partial charge is 0.354 e. The molecule has 6 heteroatoms. The van der Waals surface area contributed by atoms with Gasteiger partial charge in [-0.1, -0.05) is 19.9 Å². The Hall–Kier alpha value is -1.56. The molecule has 0 bridgehead atoms. The third-order valence-corrected chi connectivity index (χ3v) is 4.48. The van der Waals surface area contributed by atoms with Crippen LogP contribution in [0.5, 0.6) is 0 Å². The van der Waals surface area contributed by atoms with Crippen molar-refractivity contribution >= 4 is 21.6 Å². The highest BCUT2D eigenvalue weighted by Crippen LogP contribution is 2.23. The van der Waals surface area contributed by atoms with Crippen LogP contribution < -0.4 is 9.62 Å². The van der Waals surface area contributed by atoms with Crippen molar-refractivity contribution in [2.75, 3.05) is 17.1 Å². The number of carbonyl (C=O) groups excluding carboxylic acids is 1. The third-order valence-electron chi connectivity index (χ3n) is 3.23. The average molecular weight is 326 g/mol. The van der Waals surface area contributed by atoms with Gasteiger partial charge in [-0.15, -0.1) is 0 Å². The second-order valence-corrected chi connectivity index (χ2v) is 8.08. The Labute approximate surface area is 133 Å². The monoisotopic (exact) mass is 326 g/mol. The molecule has 0 aliphatic rings. The van der Waals surface area contributed by atoms with Gasteiger partial charge in [0, 0.05) is 6.54 Å². The Morgan fingerprint density at radius 2 is 1.64 bits per heavy atom. The van der Waals surface area contributed by atoms with Crippen LogP contribution in [-0.2, 0) is 14.8 Å². The first-order chi connectivity index (χ1) is 10.0. The molecule has 0 aromatic heterocycles. The average Bonchev–Trinajstić information content (AvgIpc) is 2.32. The van der Waals surface area contributed by atoms with E-state index in [1.54, 1.807) is 19.1 Å². The van der Waals surface area contributed by atoms with E-state index in [0.29, 0.717) is 18.2 Å². The van der Waals surface area contributed by atoms with E-state index in [0.717, 1.165) is 17.4 Å². The molecule has 124 valence electrons. The number of rotatable bonds is 6. The van der Waals surface area contributed by atoms with Crippen LogP contribution in [0.15, 0.2) is 18.2 Å². The zero-order chi connectivity index (χ0) is 17.1. The maximum absolute atomic E-state index is 12.3. The molecule has 0 saturated heterocycles. The number of hydrogen-bond donors (Lipinski definition) is 1. The van der Waals surface area contributed by atoms with E-state index in [2.05, 4.69) is 5.32 Å². The minimum atomic E-state index is -3.56. The van der Waals surface area contributed by atoms with Gasteiger partial charge in [-0.25, -0.2) is 8.42 Å². The van der Waals surface area contributed by atoms with E-state index in [-0.39, 0.29) is 5.91 Å². The minimum absolute atomic E-state index is 0.293. The van der Waals surface area contributed by atoms with Crippen LogP contribution in [0.4, 0.5) is 5.69 Å². The molecule has 1 aromatic carbocycles. The fourth-order valence-electron chi connectivity index (χ4n) is 2.34. The standard InChI is InChI=1S/C16H26N2O3S/c1-11(2)10-17-16(19)14(5)18(22(6,20)21)15-8-12(3)7-13(4)9-15/h7-9,11,14H,10H2,1-6H3,(H,17,19)/t14-/m1/s1. The Kier molecular flexibility index (Phi) is 6.00. The van der Waals surface area contributed by atoms with Crippen LogP contribution in [0.1, 0.15) is 31.9 Å². The first kappa shape index (κ1) is 18.5. The predicted molar refractivity (Wildman–Crippen MR) is 90.5 cm³/mol. The van der Waals surface area contributed by atoms with Crippen LogP contribution in [0.2, 0.25) is 0 Å². The summed E-state index contributed by atoms with van der Waals surface area (Å²) < 4.78 is 25.6. The normalized spacial score (nSPS) is 13.0. The summed E-state index contributed by atoms with van der Waals surface area (Å²) in [4.78, 5) is 12.3. The highest BCUT2D eigenvalue weighted by molar-refractivity contribution is 7.92. The van der Waals surface area contributed by atoms with Crippen molar-refractivity contribution in [1.82, 2.24) is 5.32 Å². The molecule has 5 nitrogen and oxygen atoms in total. The molecule has 0 radical (unpaired) electrons. The lowest BCUT2D eigenvalue weighted by atomic mass is 10.1. The van der Waals surface area contributed by atoms with Gasteiger partial charge in [0.1, 0.15) is 6.04 Å². The van der Waals surface area contributed by atoms with Gasteiger partial charge in [0.15, 0.2) is 0 Å². The quantitative estimate of drug-likeness (QED) is 0.872. The minimum Gasteiger partial charge on any atom is -0.354 e. The topological polar surface area (TPSA) is 66.5 Å². The molecule has 22 heavy (non-hydrogen) atoms. The molecule has 1 aromatic rings. The second kappa shape index (κ2) is 7.13. The number of hydrogen-bond acceptors (Lipinski definition) is 3. The van der Waals surface area contributed by atoms with Gasteiger partial charge in [-0.2, -0.15) is 0 Å². The summed E-state index contributed by atoms with van der Waals surface area (Å²) in [6.45, 7) is 9.91. The SMILES string of the molecule is Cc1cc(C)cc(N([C@H](C)C(=O)NCC(C)C)S(C)(=O)=O)c1. The number of carbonyl (C=O) groups is 1. The lowest BCUT2D eigenvalue weighted by molar-refractivity contribution is -0.121. The van der Waals surface area contributed by atoms with Crippen molar-refractivity contribution < 1.29 is 13.2 Å². The Bertz CT molecular complexity index is 619. The molecule has 0 aliphatic heterocycles. The number of nitrogens with zero attached hydrogens (tertiary/aromatic N) is 1. The summed E-state index contributed by atoms with van der Waals surface area (Å²) in [7, 11) is -3.56. The van der Waals surface area contributed by atoms with Gasteiger partial charge in [0.25, 0.3) is 0 Å². The molecule has 1 amide bonds. The molecule has 0 spiro atoms. The van der Waals surface area contributed by atoms with Crippen LogP contribution in [-0.4, -0.2) is 33.2 Å². The van der Waals surface area contributed by atoms with E-state index in [1.807, 2.05) is 33.8 Å². The second-order valence-electron chi connectivity index (χ2n) is 6.22. The fraction of sp³-hybridized carbons (Fsp3) is 0.562. The van der Waals surface area contributed by atoms with Gasteiger partial charge < -0.3 is 5.32 Å². The number of nitrogens with one attached hydrogen (secondary N) is 1. The van der Waals surface area contributed by atoms with Crippen LogP contribution in [0, 0.1) is 19.8 Å². The molecule has 1 rings (SSSR count). The predicted octanol–water partition coefficient (Wildman–Crippen LogP) is 2.23. The Morgan fingerprint density at radius 3 is 2.05 bits per heavy atom. The number of anilines is 1. The molecule has 1 N–H and O–H groups in total. The maximum Gasteiger partial charge on any atom is 0.243 e. The van der Waals surface area contributed by atoms with E-state index in [9.17, 15) is 13.2 Å². The summed E-state index contributed by atoms with van der Waals surface area (Å²) in [5.74, 6) is 0.0160. The van der Waals surface area contributed by atoms with E-state index >= 15 is 0 Å². The third kappa shape index (κ3) is 5.02. The smallest absolute Gasteiger partial charge is 0.243 e. The highest BCUT2D eigenvalue weighted by Gasteiger charge is 2.29. The van der Waals surface area contributed by atoms with Crippen LogP contribution in [0.25, 0.3) is 0 Å². The van der Waals surface area contributed by atoms with Crippen molar-refractivity contribution in [3.63, 3.8) is 0 Å². The van der Waals surface area contributed by atoms with Gasteiger partial charge >= 0.3 is 0 Å². The molecule has 0 fully saturated rings. The molecule has 1 atom stereocenters. The van der Waals surface area contributed by atoms with Crippen molar-refractivity contribution in [2.24, 2.45) is 5.92 Å². The van der Waals surface area contributed by atoms with Gasteiger partial charge in [0.05, 0.1) is 11.9 Å². The fourth-order valence-corrected chi connectivity index (χ4v) is 3.50. The lowest BCUT2D eigenvalue weighted by Crippen LogP contribution is -2.48. The summed E-state index contributed by atoms with van der Waals surface area (Å²) in [5, 5.41) is 2.79. The molecule has 0 aliphatic carbocycles. The summed E-state index contributed by atoms with van der Waals surface area (Å²) >= 11 is 0. The number of sulfonamides is 1. The van der Waals surface area contributed by atoms with E-state index in [1.165, 1.54) is 4.31 Å². The summed E-state index contributed by atoms with van der Waals surface area (Å²) in [5.41, 5.74) is 2.43. The van der Waals surface area contributed by atoms with Crippen molar-refractivity contribution in [2.45, 2.75) is 40.7 Å². The van der Waals surface area contributed by atoms with Gasteiger partial charge in [0.2, 0.25) is 15.9 Å². The summed E-state index contributed by atoms with van der Waals surface area (Å²) in [6.07, 6.45) is 1.12. The molecular weight excluding hydrogens is 300 g/mol. The molecule has 0 heterocycles. The number of benzene rings is 1.